The van der Waals surface area contributed by atoms with Gasteiger partial charge in [0.15, 0.2) is 0 Å². The molecule has 0 fully saturated rings. The summed E-state index contributed by atoms with van der Waals surface area (Å²) >= 11 is 0. The SMILES string of the molecule is CCCCOCc1ccccc1C=NN. The first-order chi connectivity index (χ1) is 7.38. The number of rotatable bonds is 6. The van der Waals surface area contributed by atoms with Crippen LogP contribution in [0.15, 0.2) is 29.4 Å². The van der Waals surface area contributed by atoms with Crippen LogP contribution in [0.3, 0.4) is 0 Å². The summed E-state index contributed by atoms with van der Waals surface area (Å²) in [5, 5.41) is 3.53. The zero-order valence-corrected chi connectivity index (χ0v) is 9.15. The van der Waals surface area contributed by atoms with Gasteiger partial charge in [-0.05, 0) is 17.5 Å². The molecule has 82 valence electrons. The van der Waals surface area contributed by atoms with E-state index < -0.39 is 0 Å². The predicted octanol–water partition coefficient (Wildman–Crippen LogP) is 2.30. The highest BCUT2D eigenvalue weighted by Crippen LogP contribution is 2.08. The van der Waals surface area contributed by atoms with E-state index in [4.69, 9.17) is 10.6 Å². The fraction of sp³-hybridized carbons (Fsp3) is 0.417. The van der Waals surface area contributed by atoms with Crippen LogP contribution in [0.25, 0.3) is 0 Å². The summed E-state index contributed by atoms with van der Waals surface area (Å²) in [6.45, 7) is 3.59. The van der Waals surface area contributed by atoms with Crippen molar-refractivity contribution < 1.29 is 4.74 Å². The molecule has 0 bridgehead atoms. The summed E-state index contributed by atoms with van der Waals surface area (Å²) in [5.41, 5.74) is 2.15. The minimum Gasteiger partial charge on any atom is -0.377 e. The zero-order valence-electron chi connectivity index (χ0n) is 9.15. The Bertz CT molecular complexity index is 310. The van der Waals surface area contributed by atoms with Crippen LogP contribution in [0.5, 0.6) is 0 Å². The number of unbranched alkanes of at least 4 members (excludes halogenated alkanes) is 1. The van der Waals surface area contributed by atoms with Crippen molar-refractivity contribution in [1.29, 1.82) is 0 Å². The fourth-order valence-electron chi connectivity index (χ4n) is 1.30. The van der Waals surface area contributed by atoms with Crippen molar-refractivity contribution in [3.63, 3.8) is 0 Å². The highest BCUT2D eigenvalue weighted by molar-refractivity contribution is 5.81. The topological polar surface area (TPSA) is 47.6 Å². The number of hydrogen-bond acceptors (Lipinski definition) is 3. The maximum Gasteiger partial charge on any atom is 0.0723 e. The molecule has 0 saturated heterocycles. The second kappa shape index (κ2) is 7.01. The molecule has 0 aliphatic rings. The summed E-state index contributed by atoms with van der Waals surface area (Å²) in [4.78, 5) is 0. The Balaban J connectivity index is 2.51. The van der Waals surface area contributed by atoms with Crippen molar-refractivity contribution in [3.05, 3.63) is 35.4 Å². The van der Waals surface area contributed by atoms with Crippen LogP contribution >= 0.6 is 0 Å². The van der Waals surface area contributed by atoms with Gasteiger partial charge in [-0.3, -0.25) is 0 Å². The lowest BCUT2D eigenvalue weighted by atomic mass is 10.1. The van der Waals surface area contributed by atoms with Crippen LogP contribution in [0.1, 0.15) is 30.9 Å². The Morgan fingerprint density at radius 2 is 2.20 bits per heavy atom. The molecule has 0 heterocycles. The van der Waals surface area contributed by atoms with E-state index in [1.165, 1.54) is 0 Å². The smallest absolute Gasteiger partial charge is 0.0723 e. The molecule has 3 heteroatoms. The third kappa shape index (κ3) is 4.13. The van der Waals surface area contributed by atoms with Gasteiger partial charge in [-0.1, -0.05) is 37.6 Å². The Labute approximate surface area is 90.9 Å². The van der Waals surface area contributed by atoms with Crippen molar-refractivity contribution >= 4 is 6.21 Å². The Kier molecular flexibility index (Phi) is 5.48. The van der Waals surface area contributed by atoms with Gasteiger partial charge >= 0.3 is 0 Å². The molecule has 0 aliphatic heterocycles. The third-order valence-electron chi connectivity index (χ3n) is 2.17. The minimum absolute atomic E-state index is 0.627. The van der Waals surface area contributed by atoms with Crippen molar-refractivity contribution in [2.24, 2.45) is 10.9 Å². The molecule has 1 aromatic carbocycles. The molecule has 1 rings (SSSR count). The second-order valence-corrected chi connectivity index (χ2v) is 3.38. The highest BCUT2D eigenvalue weighted by Gasteiger charge is 1.98. The van der Waals surface area contributed by atoms with E-state index >= 15 is 0 Å². The first-order valence-corrected chi connectivity index (χ1v) is 5.27. The lowest BCUT2D eigenvalue weighted by molar-refractivity contribution is 0.118. The van der Waals surface area contributed by atoms with E-state index in [0.29, 0.717) is 6.61 Å². The van der Waals surface area contributed by atoms with Gasteiger partial charge in [-0.2, -0.15) is 5.10 Å². The lowest BCUT2D eigenvalue weighted by Crippen LogP contribution is -1.99. The molecule has 0 aromatic heterocycles. The van der Waals surface area contributed by atoms with Crippen LogP contribution in [0.4, 0.5) is 0 Å². The summed E-state index contributed by atoms with van der Waals surface area (Å²) < 4.78 is 5.54. The Hall–Kier alpha value is -1.35. The van der Waals surface area contributed by atoms with Gasteiger partial charge in [0.2, 0.25) is 0 Å². The molecule has 15 heavy (non-hydrogen) atoms. The molecule has 3 nitrogen and oxygen atoms in total. The standard InChI is InChI=1S/C12H18N2O/c1-2-3-8-15-10-12-7-5-4-6-11(12)9-14-13/h4-7,9H,2-3,8,10,13H2,1H3. The maximum absolute atomic E-state index is 5.54. The quantitative estimate of drug-likeness (QED) is 0.336. The van der Waals surface area contributed by atoms with Gasteiger partial charge in [-0.15, -0.1) is 0 Å². The van der Waals surface area contributed by atoms with Crippen molar-refractivity contribution in [2.45, 2.75) is 26.4 Å². The number of hydrogen-bond donors (Lipinski definition) is 1. The maximum atomic E-state index is 5.54. The van der Waals surface area contributed by atoms with Gasteiger partial charge in [0.05, 0.1) is 12.8 Å². The molecular formula is C12H18N2O. The van der Waals surface area contributed by atoms with Crippen LogP contribution in [0, 0.1) is 0 Å². The average molecular weight is 206 g/mol. The second-order valence-electron chi connectivity index (χ2n) is 3.38. The van der Waals surface area contributed by atoms with Gasteiger partial charge in [0.1, 0.15) is 0 Å². The molecule has 1 aromatic rings. The van der Waals surface area contributed by atoms with Gasteiger partial charge < -0.3 is 10.6 Å². The number of hydrazone groups is 1. The average Bonchev–Trinajstić information content (AvgIpc) is 2.27. The van der Waals surface area contributed by atoms with Gasteiger partial charge in [-0.25, -0.2) is 0 Å². The summed E-state index contributed by atoms with van der Waals surface area (Å²) in [5.74, 6) is 5.13. The van der Waals surface area contributed by atoms with E-state index in [1.54, 1.807) is 6.21 Å². The molecule has 0 atom stereocenters. The van der Waals surface area contributed by atoms with E-state index in [2.05, 4.69) is 12.0 Å². The monoisotopic (exact) mass is 206 g/mol. The molecule has 0 spiro atoms. The molecule has 0 aliphatic carbocycles. The molecule has 0 unspecified atom stereocenters. The first-order valence-electron chi connectivity index (χ1n) is 5.27. The molecule has 0 amide bonds. The fourth-order valence-corrected chi connectivity index (χ4v) is 1.30. The Morgan fingerprint density at radius 3 is 2.93 bits per heavy atom. The third-order valence-corrected chi connectivity index (χ3v) is 2.17. The van der Waals surface area contributed by atoms with E-state index in [9.17, 15) is 0 Å². The summed E-state index contributed by atoms with van der Waals surface area (Å²) in [7, 11) is 0. The molecule has 2 N–H and O–H groups in total. The normalized spacial score (nSPS) is 11.0. The largest absolute Gasteiger partial charge is 0.377 e. The summed E-state index contributed by atoms with van der Waals surface area (Å²) in [6.07, 6.45) is 3.91. The highest BCUT2D eigenvalue weighted by atomic mass is 16.5. The zero-order chi connectivity index (χ0) is 10.9. The number of nitrogens with zero attached hydrogens (tertiary/aromatic N) is 1. The first kappa shape index (κ1) is 11.7. The predicted molar refractivity (Wildman–Crippen MR) is 62.8 cm³/mol. The number of ether oxygens (including phenoxy) is 1. The minimum atomic E-state index is 0.627. The van der Waals surface area contributed by atoms with Gasteiger partial charge in [0, 0.05) is 6.61 Å². The van der Waals surface area contributed by atoms with Crippen molar-refractivity contribution in [2.75, 3.05) is 6.61 Å². The summed E-state index contributed by atoms with van der Waals surface area (Å²) in [6, 6.07) is 7.97. The van der Waals surface area contributed by atoms with Crippen LogP contribution in [-0.4, -0.2) is 12.8 Å². The molecular weight excluding hydrogens is 188 g/mol. The van der Waals surface area contributed by atoms with E-state index in [1.807, 2.05) is 24.3 Å². The van der Waals surface area contributed by atoms with E-state index in [0.717, 1.165) is 30.6 Å². The van der Waals surface area contributed by atoms with Crippen LogP contribution in [-0.2, 0) is 11.3 Å². The van der Waals surface area contributed by atoms with Crippen molar-refractivity contribution in [1.82, 2.24) is 0 Å². The van der Waals surface area contributed by atoms with Crippen molar-refractivity contribution in [3.8, 4) is 0 Å². The number of benzene rings is 1. The molecule has 0 saturated carbocycles. The van der Waals surface area contributed by atoms with E-state index in [-0.39, 0.29) is 0 Å². The number of nitrogens with two attached hydrogens (primary N) is 1. The van der Waals surface area contributed by atoms with Gasteiger partial charge in [0.25, 0.3) is 0 Å². The Morgan fingerprint density at radius 1 is 1.40 bits per heavy atom. The van der Waals surface area contributed by atoms with Crippen LogP contribution < -0.4 is 5.84 Å². The molecule has 0 radical (unpaired) electrons. The lowest BCUT2D eigenvalue weighted by Gasteiger charge is -2.06. The van der Waals surface area contributed by atoms with Crippen LogP contribution in [0.2, 0.25) is 0 Å².